The van der Waals surface area contributed by atoms with E-state index in [-0.39, 0.29) is 9.86 Å². The van der Waals surface area contributed by atoms with Crippen LogP contribution in [0, 0.1) is 0 Å². The normalized spacial score (nSPS) is 17.2. The van der Waals surface area contributed by atoms with Crippen molar-refractivity contribution in [3.05, 3.63) is 91.0 Å². The number of rotatable bonds is 9. The van der Waals surface area contributed by atoms with E-state index in [9.17, 15) is 19.5 Å². The molecule has 1 saturated heterocycles. The van der Waals surface area contributed by atoms with E-state index in [1.54, 1.807) is 0 Å². The van der Waals surface area contributed by atoms with E-state index in [1.165, 1.54) is 22.8 Å². The van der Waals surface area contributed by atoms with Crippen LogP contribution in [0.5, 0.6) is 0 Å². The van der Waals surface area contributed by atoms with Crippen LogP contribution in [0.25, 0.3) is 0 Å². The molecule has 1 amide bonds. The molecular weight excluding hydrogens is 545 g/mol. The van der Waals surface area contributed by atoms with Crippen LogP contribution in [0.15, 0.2) is 91.0 Å². The highest BCUT2D eigenvalue weighted by Crippen LogP contribution is 2.50. The first-order valence-corrected chi connectivity index (χ1v) is 16.5. The summed E-state index contributed by atoms with van der Waals surface area (Å²) in [7, 11) is 3.89. The van der Waals surface area contributed by atoms with Gasteiger partial charge in [-0.15, -0.1) is 0 Å². The Kier molecular flexibility index (Phi) is 9.27. The maximum atomic E-state index is 13.5. The van der Waals surface area contributed by atoms with Gasteiger partial charge in [-0.2, -0.15) is 0 Å². The van der Waals surface area contributed by atoms with E-state index >= 15 is 0 Å². The van der Waals surface area contributed by atoms with Crippen molar-refractivity contribution in [2.24, 2.45) is 0 Å². The van der Waals surface area contributed by atoms with Gasteiger partial charge in [0.25, 0.3) is 10.4 Å². The molecule has 1 heterocycles. The molecule has 2 atom stereocenters. The minimum absolute atomic E-state index is 0.0344. The molecule has 4 rings (SSSR count). The largest absolute Gasteiger partial charge is 0.477 e. The Labute approximate surface area is 228 Å². The van der Waals surface area contributed by atoms with Crippen molar-refractivity contribution in [1.82, 2.24) is 4.90 Å². The first-order chi connectivity index (χ1) is 18.0. The van der Waals surface area contributed by atoms with Crippen molar-refractivity contribution < 1.29 is 24.2 Å². The van der Waals surface area contributed by atoms with Crippen molar-refractivity contribution in [3.8, 4) is 0 Å². The maximum absolute atomic E-state index is 13.5. The van der Waals surface area contributed by atoms with Crippen molar-refractivity contribution in [2.45, 2.75) is 18.4 Å². The van der Waals surface area contributed by atoms with E-state index in [1.807, 2.05) is 97.9 Å². The number of ether oxygens (including phenoxy) is 1. The zero-order chi connectivity index (χ0) is 26.4. The van der Waals surface area contributed by atoms with Gasteiger partial charge < -0.3 is 9.84 Å². The molecule has 3 aromatic carbocycles. The zero-order valence-corrected chi connectivity index (χ0v) is 23.6. The molecule has 0 aromatic heterocycles. The fraction of sp³-hybridized carbons (Fsp3) is 0.185. The second-order valence-corrected chi connectivity index (χ2v) is 15.1. The molecule has 10 heteroatoms. The highest BCUT2D eigenvalue weighted by atomic mass is 33.1. The number of aliphatic carboxylic acids is 1. The van der Waals surface area contributed by atoms with Crippen LogP contribution in [0.2, 0.25) is 0 Å². The van der Waals surface area contributed by atoms with Crippen LogP contribution in [0.3, 0.4) is 0 Å². The van der Waals surface area contributed by atoms with E-state index < -0.39 is 30.2 Å². The number of thioether (sulfide) groups is 1. The van der Waals surface area contributed by atoms with E-state index in [0.717, 1.165) is 44.2 Å². The van der Waals surface area contributed by atoms with Gasteiger partial charge >= 0.3 is 5.97 Å². The highest BCUT2D eigenvalue weighted by Gasteiger charge is 2.55. The highest BCUT2D eigenvalue weighted by molar-refractivity contribution is 8.85. The molecule has 0 saturated carbocycles. The number of carbonyl (C=O) groups excluding carboxylic acids is 2. The third-order valence-electron chi connectivity index (χ3n) is 5.88. The fourth-order valence-electron chi connectivity index (χ4n) is 4.40. The second-order valence-electron chi connectivity index (χ2n) is 7.92. The molecule has 1 aliphatic heterocycles. The molecular formula is C27H26NO5PS3. The first kappa shape index (κ1) is 27.6. The molecule has 1 fully saturated rings. The van der Waals surface area contributed by atoms with Gasteiger partial charge in [-0.05, 0) is 38.5 Å². The summed E-state index contributed by atoms with van der Waals surface area (Å²) in [5, 5.41) is 12.4. The SMILES string of the molecule is CCSSC(=O)SC1C(OC)C(=O)N1C(C(=O)O)=P(c1ccccc1)(c1ccccc1)c1ccccc1. The lowest BCUT2D eigenvalue weighted by Crippen LogP contribution is -2.68. The molecule has 1 N–H and O–H groups in total. The molecule has 192 valence electrons. The molecule has 0 aliphatic carbocycles. The summed E-state index contributed by atoms with van der Waals surface area (Å²) in [4.78, 5) is 40.8. The molecule has 0 radical (unpaired) electrons. The second kappa shape index (κ2) is 12.4. The number of carbonyl (C=O) groups is 3. The number of amides is 1. The Morgan fingerprint density at radius 3 is 1.73 bits per heavy atom. The van der Waals surface area contributed by atoms with Crippen LogP contribution in [0.1, 0.15) is 6.92 Å². The maximum Gasteiger partial charge on any atom is 0.353 e. The topological polar surface area (TPSA) is 83.9 Å². The van der Waals surface area contributed by atoms with Gasteiger partial charge in [0, 0.05) is 19.7 Å². The van der Waals surface area contributed by atoms with Gasteiger partial charge in [0.2, 0.25) is 0 Å². The average molecular weight is 572 g/mol. The summed E-state index contributed by atoms with van der Waals surface area (Å²) in [6.07, 6.45) is -0.917. The predicted molar refractivity (Wildman–Crippen MR) is 158 cm³/mol. The Bertz CT molecular complexity index is 1220. The third kappa shape index (κ3) is 5.29. The van der Waals surface area contributed by atoms with Gasteiger partial charge in [-0.3, -0.25) is 14.5 Å². The summed E-state index contributed by atoms with van der Waals surface area (Å²) >= 11 is 0.935. The minimum atomic E-state index is -3.09. The van der Waals surface area contributed by atoms with Crippen molar-refractivity contribution in [1.29, 1.82) is 0 Å². The lowest BCUT2D eigenvalue weighted by atomic mass is 10.1. The number of hydrogen-bond acceptors (Lipinski definition) is 7. The number of nitrogens with zero attached hydrogens (tertiary/aromatic N) is 1. The van der Waals surface area contributed by atoms with Gasteiger partial charge in [0.1, 0.15) is 10.8 Å². The Morgan fingerprint density at radius 2 is 1.35 bits per heavy atom. The number of methoxy groups -OCH3 is 1. The standard InChI is InChI=1S/C27H26NO5PS3/c1-3-35-37-27(32)36-25-22(33-2)23(29)28(25)24(26(30)31)34(19-13-7-4-8-14-19,20-15-9-5-10-16-20)21-17-11-6-12-18-21/h4-18,22,25H,3H2,1-2H3,(H,30,31). The van der Waals surface area contributed by atoms with Gasteiger partial charge in [0.05, 0.1) is 0 Å². The molecule has 3 aromatic rings. The average Bonchev–Trinajstić information content (AvgIpc) is 2.93. The molecule has 6 nitrogen and oxygen atoms in total. The summed E-state index contributed by atoms with van der Waals surface area (Å²) < 4.78 is 5.23. The number of carboxylic acid groups (broad SMARTS) is 1. The number of β-lactam (4-membered cyclic amide) rings is 1. The molecule has 1 aliphatic rings. The van der Waals surface area contributed by atoms with Gasteiger partial charge in [0.15, 0.2) is 6.10 Å². The van der Waals surface area contributed by atoms with E-state index in [2.05, 4.69) is 0 Å². The Morgan fingerprint density at radius 1 is 0.892 bits per heavy atom. The zero-order valence-electron chi connectivity index (χ0n) is 20.2. The quantitative estimate of drug-likeness (QED) is 0.226. The third-order valence-corrected chi connectivity index (χ3v) is 13.9. The predicted octanol–water partition coefficient (Wildman–Crippen LogP) is 4.63. The summed E-state index contributed by atoms with van der Waals surface area (Å²) in [5.74, 6) is -0.929. The van der Waals surface area contributed by atoms with Crippen LogP contribution in [-0.4, -0.2) is 56.1 Å². The van der Waals surface area contributed by atoms with Crippen molar-refractivity contribution in [2.75, 3.05) is 12.9 Å². The minimum Gasteiger partial charge on any atom is -0.477 e. The molecule has 37 heavy (non-hydrogen) atoms. The fourth-order valence-corrected chi connectivity index (χ4v) is 11.8. The monoisotopic (exact) mass is 571 g/mol. The van der Waals surface area contributed by atoms with Crippen LogP contribution in [-0.2, 0) is 14.3 Å². The lowest BCUT2D eigenvalue weighted by molar-refractivity contribution is -0.155. The number of likely N-dealkylation sites (tertiary alicyclic amines) is 1. The van der Waals surface area contributed by atoms with E-state index in [4.69, 9.17) is 4.74 Å². The summed E-state index contributed by atoms with van der Waals surface area (Å²) in [6.45, 7) is -1.14. The molecule has 0 bridgehead atoms. The van der Waals surface area contributed by atoms with Crippen molar-refractivity contribution in [3.63, 3.8) is 0 Å². The van der Waals surface area contributed by atoms with Crippen LogP contribution >= 0.6 is 40.2 Å². The van der Waals surface area contributed by atoms with Crippen molar-refractivity contribution >= 4 is 77.9 Å². The first-order valence-electron chi connectivity index (χ1n) is 11.5. The van der Waals surface area contributed by atoms with E-state index in [0.29, 0.717) is 0 Å². The Hall–Kier alpha value is -2.42. The van der Waals surface area contributed by atoms with Crippen LogP contribution in [0.4, 0.5) is 4.79 Å². The summed E-state index contributed by atoms with van der Waals surface area (Å²) in [5.41, 5.74) is -0.0344. The van der Waals surface area contributed by atoms with Crippen LogP contribution < -0.4 is 15.9 Å². The lowest BCUT2D eigenvalue weighted by Gasteiger charge is -2.47. The van der Waals surface area contributed by atoms with Gasteiger partial charge in [-0.1, -0.05) is 109 Å². The molecule has 0 spiro atoms. The summed E-state index contributed by atoms with van der Waals surface area (Å²) in [6, 6.07) is 28.4. The van der Waals surface area contributed by atoms with Gasteiger partial charge in [-0.25, -0.2) is 4.79 Å². The number of carboxylic acids is 1. The smallest absolute Gasteiger partial charge is 0.353 e. The Balaban J connectivity index is 2.08. The number of benzene rings is 3. The molecule has 2 unspecified atom stereocenters. The number of hydrogen-bond donors (Lipinski definition) is 1.